The number of hydrogen-bond acceptors (Lipinski definition) is 13. The monoisotopic (exact) mass is 570 g/mol. The summed E-state index contributed by atoms with van der Waals surface area (Å²) < 4.78 is 33.2. The minimum absolute atomic E-state index is 0.0227. The lowest BCUT2D eigenvalue weighted by molar-refractivity contribution is -0.339. The summed E-state index contributed by atoms with van der Waals surface area (Å²) in [6, 6.07) is 0. The van der Waals surface area contributed by atoms with Crippen molar-refractivity contribution in [2.45, 2.75) is 76.2 Å². The van der Waals surface area contributed by atoms with E-state index < -0.39 is 73.5 Å². The van der Waals surface area contributed by atoms with Crippen molar-refractivity contribution in [3.63, 3.8) is 0 Å². The van der Waals surface area contributed by atoms with E-state index in [1.807, 2.05) is 6.92 Å². The maximum atomic E-state index is 13.4. The minimum atomic E-state index is -1.66. The maximum absolute atomic E-state index is 13.4. The van der Waals surface area contributed by atoms with Crippen molar-refractivity contribution in [3.05, 3.63) is 24.5 Å². The SMILES string of the molecule is C=C[C@H]1[C@H](O[C@@H]2O[C@H](CO)[C@@H](O)[C@H](O)[C@H]2O)OC=C(C(=O)O[C@H]2C[C@@H]3CC(=O)OC[C@@H]3[C@H]2C)[C@H]1CCOC(C)=O. The van der Waals surface area contributed by atoms with Gasteiger partial charge in [-0.25, -0.2) is 4.79 Å². The number of fused-ring (bicyclic) bond motifs is 1. The Morgan fingerprint density at radius 3 is 2.60 bits per heavy atom. The van der Waals surface area contributed by atoms with Gasteiger partial charge in [0.05, 0.1) is 31.7 Å². The van der Waals surface area contributed by atoms with Crippen molar-refractivity contribution < 1.29 is 63.2 Å². The molecule has 3 heterocycles. The van der Waals surface area contributed by atoms with Crippen LogP contribution >= 0.6 is 0 Å². The number of rotatable bonds is 9. The van der Waals surface area contributed by atoms with Gasteiger partial charge >= 0.3 is 17.9 Å². The fraction of sp³-hybridized carbons (Fsp3) is 0.741. The number of cyclic esters (lactones) is 1. The lowest BCUT2D eigenvalue weighted by Crippen LogP contribution is -2.60. The highest BCUT2D eigenvalue weighted by Crippen LogP contribution is 2.44. The molecule has 13 heteroatoms. The van der Waals surface area contributed by atoms with Gasteiger partial charge in [0.25, 0.3) is 0 Å². The standard InChI is InChI=1S/C27H38O13/c1-4-15-16(5-6-35-13(3)29)18(25(34)38-19-7-14-8-21(30)36-10-17(14)12(19)2)11-37-26(15)40-27-24(33)23(32)22(31)20(9-28)39-27/h4,11-12,14-17,19-20,22-24,26-28,31-33H,1,5-10H2,2-3H3/t12-,14-,15-,16+,17-,19+,20-,22-,23+,24-,26+,27+/m1/s1. The smallest absolute Gasteiger partial charge is 0.337 e. The zero-order valence-electron chi connectivity index (χ0n) is 22.5. The Hall–Kier alpha value is -2.55. The summed E-state index contributed by atoms with van der Waals surface area (Å²) in [7, 11) is 0. The average molecular weight is 571 g/mol. The van der Waals surface area contributed by atoms with E-state index in [9.17, 15) is 34.8 Å². The Bertz CT molecular complexity index is 979. The molecule has 3 fully saturated rings. The molecule has 1 aliphatic carbocycles. The highest BCUT2D eigenvalue weighted by Gasteiger charge is 2.49. The summed E-state index contributed by atoms with van der Waals surface area (Å²) in [6.07, 6.45) is -5.45. The Balaban J connectivity index is 1.50. The molecular formula is C27H38O13. The molecule has 0 aromatic carbocycles. The first-order valence-electron chi connectivity index (χ1n) is 13.5. The minimum Gasteiger partial charge on any atom is -0.471 e. The summed E-state index contributed by atoms with van der Waals surface area (Å²) in [5.41, 5.74) is 0.167. The van der Waals surface area contributed by atoms with Crippen LogP contribution in [0.4, 0.5) is 0 Å². The maximum Gasteiger partial charge on any atom is 0.337 e. The number of ether oxygens (including phenoxy) is 6. The Morgan fingerprint density at radius 1 is 1.18 bits per heavy atom. The zero-order chi connectivity index (χ0) is 29.1. The number of aliphatic hydroxyl groups excluding tert-OH is 4. The second-order valence-corrected chi connectivity index (χ2v) is 10.8. The van der Waals surface area contributed by atoms with Gasteiger partial charge in [-0.1, -0.05) is 13.0 Å². The topological polar surface area (TPSA) is 188 Å². The molecule has 0 radical (unpaired) electrons. The number of hydrogen-bond donors (Lipinski definition) is 4. The van der Waals surface area contributed by atoms with E-state index in [0.29, 0.717) is 13.0 Å². The fourth-order valence-corrected chi connectivity index (χ4v) is 6.04. The van der Waals surface area contributed by atoms with Crippen LogP contribution in [-0.4, -0.2) is 101 Å². The highest BCUT2D eigenvalue weighted by atomic mass is 16.8. The predicted molar refractivity (Wildman–Crippen MR) is 132 cm³/mol. The van der Waals surface area contributed by atoms with Crippen molar-refractivity contribution in [2.75, 3.05) is 19.8 Å². The van der Waals surface area contributed by atoms with Crippen LogP contribution in [0.5, 0.6) is 0 Å². The van der Waals surface area contributed by atoms with Gasteiger partial charge in [-0.3, -0.25) is 9.59 Å². The van der Waals surface area contributed by atoms with Crippen LogP contribution in [0.1, 0.15) is 33.1 Å². The van der Waals surface area contributed by atoms with Crippen molar-refractivity contribution in [1.29, 1.82) is 0 Å². The summed E-state index contributed by atoms with van der Waals surface area (Å²) >= 11 is 0. The molecule has 4 aliphatic rings. The summed E-state index contributed by atoms with van der Waals surface area (Å²) in [6.45, 7) is 6.70. The zero-order valence-corrected chi connectivity index (χ0v) is 22.5. The van der Waals surface area contributed by atoms with E-state index >= 15 is 0 Å². The van der Waals surface area contributed by atoms with E-state index in [1.54, 1.807) is 0 Å². The van der Waals surface area contributed by atoms with Gasteiger partial charge in [0, 0.05) is 31.1 Å². The Morgan fingerprint density at radius 2 is 1.93 bits per heavy atom. The van der Waals surface area contributed by atoms with E-state index in [1.165, 1.54) is 19.3 Å². The molecule has 0 unspecified atom stereocenters. The molecule has 13 nitrogen and oxygen atoms in total. The third kappa shape index (κ3) is 6.34. The summed E-state index contributed by atoms with van der Waals surface area (Å²) in [5.74, 6) is -2.59. The lowest BCUT2D eigenvalue weighted by atomic mass is 9.81. The molecule has 0 aromatic rings. The summed E-state index contributed by atoms with van der Waals surface area (Å²) in [4.78, 5) is 36.6. The van der Waals surface area contributed by atoms with Crippen molar-refractivity contribution in [1.82, 2.24) is 0 Å². The summed E-state index contributed by atoms with van der Waals surface area (Å²) in [5, 5.41) is 40.1. The lowest BCUT2D eigenvalue weighted by Gasteiger charge is -2.43. The Labute approximate surface area is 231 Å². The molecule has 0 aromatic heterocycles. The van der Waals surface area contributed by atoms with Gasteiger partial charge in [-0.2, -0.15) is 0 Å². The number of carbonyl (C=O) groups is 3. The quantitative estimate of drug-likeness (QED) is 0.159. The molecule has 12 atom stereocenters. The first kappa shape index (κ1) is 30.4. The van der Waals surface area contributed by atoms with Crippen LogP contribution in [0.2, 0.25) is 0 Å². The third-order valence-corrected chi connectivity index (χ3v) is 8.39. The fourth-order valence-electron chi connectivity index (χ4n) is 6.04. The first-order chi connectivity index (χ1) is 19.0. The molecule has 4 N–H and O–H groups in total. The van der Waals surface area contributed by atoms with Crippen molar-refractivity contribution in [2.24, 2.45) is 29.6 Å². The van der Waals surface area contributed by atoms with Gasteiger partial charge in [-0.15, -0.1) is 6.58 Å². The van der Waals surface area contributed by atoms with Crippen LogP contribution in [0.3, 0.4) is 0 Å². The number of carbonyl (C=O) groups excluding carboxylic acids is 3. The molecule has 40 heavy (non-hydrogen) atoms. The number of aliphatic hydroxyl groups is 4. The van der Waals surface area contributed by atoms with Crippen LogP contribution in [0.25, 0.3) is 0 Å². The number of esters is 3. The molecular weight excluding hydrogens is 532 g/mol. The second-order valence-electron chi connectivity index (χ2n) is 10.8. The second kappa shape index (κ2) is 13.0. The molecule has 1 saturated carbocycles. The van der Waals surface area contributed by atoms with Gasteiger partial charge < -0.3 is 48.8 Å². The van der Waals surface area contributed by atoms with E-state index in [-0.39, 0.29) is 48.7 Å². The molecule has 0 spiro atoms. The molecule has 4 rings (SSSR count). The highest BCUT2D eigenvalue weighted by molar-refractivity contribution is 5.89. The first-order valence-corrected chi connectivity index (χ1v) is 13.5. The van der Waals surface area contributed by atoms with Gasteiger partial charge in [0.1, 0.15) is 30.5 Å². The van der Waals surface area contributed by atoms with Crippen LogP contribution < -0.4 is 0 Å². The predicted octanol–water partition coefficient (Wildman–Crippen LogP) is -0.454. The van der Waals surface area contributed by atoms with Gasteiger partial charge in [0.15, 0.2) is 6.29 Å². The molecule has 3 aliphatic heterocycles. The third-order valence-electron chi connectivity index (χ3n) is 8.39. The molecule has 224 valence electrons. The largest absolute Gasteiger partial charge is 0.471 e. The average Bonchev–Trinajstić information content (AvgIpc) is 3.22. The van der Waals surface area contributed by atoms with Crippen LogP contribution in [0, 0.1) is 29.6 Å². The van der Waals surface area contributed by atoms with Crippen LogP contribution in [-0.2, 0) is 42.8 Å². The molecule has 0 bridgehead atoms. The van der Waals surface area contributed by atoms with Crippen molar-refractivity contribution >= 4 is 17.9 Å². The van der Waals surface area contributed by atoms with Crippen molar-refractivity contribution in [3.8, 4) is 0 Å². The van der Waals surface area contributed by atoms with Crippen LogP contribution in [0.15, 0.2) is 24.5 Å². The van der Waals surface area contributed by atoms with E-state index in [2.05, 4.69) is 6.58 Å². The molecule has 0 amide bonds. The van der Waals surface area contributed by atoms with E-state index in [0.717, 1.165) is 0 Å². The molecule has 2 saturated heterocycles. The van der Waals surface area contributed by atoms with Gasteiger partial charge in [-0.05, 0) is 24.7 Å². The Kier molecular flexibility index (Phi) is 9.85. The normalized spacial score (nSPS) is 41.1. The van der Waals surface area contributed by atoms with Gasteiger partial charge in [0.2, 0.25) is 6.29 Å². The van der Waals surface area contributed by atoms with E-state index in [4.69, 9.17) is 28.4 Å².